The topological polar surface area (TPSA) is 46.5 Å². The Balaban J connectivity index is 1.93. The molecule has 4 atom stereocenters. The van der Waals surface area contributed by atoms with E-state index in [0.717, 1.165) is 19.3 Å². The maximum Gasteiger partial charge on any atom is 0.309 e. The van der Waals surface area contributed by atoms with Gasteiger partial charge in [0.25, 0.3) is 0 Å². The van der Waals surface area contributed by atoms with E-state index in [1.807, 2.05) is 19.1 Å². The van der Waals surface area contributed by atoms with Crippen LogP contribution in [0.2, 0.25) is 0 Å². The number of hydrogen-bond acceptors (Lipinski definition) is 3. The number of ether oxygens (including phenoxy) is 1. The fraction of sp³-hybridized carbons (Fsp3) is 0.750. The fourth-order valence-electron chi connectivity index (χ4n) is 2.60. The Morgan fingerprint density at radius 2 is 2.27 bits per heavy atom. The van der Waals surface area contributed by atoms with Gasteiger partial charge in [0.2, 0.25) is 0 Å². The van der Waals surface area contributed by atoms with Crippen LogP contribution in [-0.2, 0) is 9.53 Å². The van der Waals surface area contributed by atoms with Gasteiger partial charge in [-0.1, -0.05) is 12.2 Å². The van der Waals surface area contributed by atoms with Crippen LogP contribution in [0.5, 0.6) is 0 Å². The summed E-state index contributed by atoms with van der Waals surface area (Å²) >= 11 is 0. The van der Waals surface area contributed by atoms with Crippen molar-refractivity contribution in [3.05, 3.63) is 12.2 Å². The molecule has 0 unspecified atom stereocenters. The van der Waals surface area contributed by atoms with Crippen LogP contribution >= 0.6 is 0 Å². The number of rotatable bonds is 2. The van der Waals surface area contributed by atoms with Crippen molar-refractivity contribution in [1.29, 1.82) is 0 Å². The van der Waals surface area contributed by atoms with E-state index < -0.39 is 0 Å². The molecule has 0 bridgehead atoms. The lowest BCUT2D eigenvalue weighted by atomic mass is 10.0. The van der Waals surface area contributed by atoms with E-state index in [2.05, 4.69) is 0 Å². The standard InChI is InChI=1S/C12H18O3/c1-2-15-12(14)11-9-5-3-4-8(13)6-7-10(9)11/h3-4,8-11,13H,2,5-7H2,1H3/b4-3+/t8-,9-,10+,11+/m1/s1. The van der Waals surface area contributed by atoms with Crippen LogP contribution in [0.4, 0.5) is 0 Å². The van der Waals surface area contributed by atoms with E-state index in [1.165, 1.54) is 0 Å². The van der Waals surface area contributed by atoms with Crippen molar-refractivity contribution in [2.24, 2.45) is 17.8 Å². The molecule has 0 radical (unpaired) electrons. The number of allylic oxidation sites excluding steroid dienone is 1. The zero-order valence-corrected chi connectivity index (χ0v) is 9.06. The van der Waals surface area contributed by atoms with Crippen molar-refractivity contribution in [3.63, 3.8) is 0 Å². The lowest BCUT2D eigenvalue weighted by Crippen LogP contribution is -2.09. The average Bonchev–Trinajstić information content (AvgIpc) is 2.85. The van der Waals surface area contributed by atoms with E-state index in [-0.39, 0.29) is 18.0 Å². The van der Waals surface area contributed by atoms with Crippen LogP contribution in [0.25, 0.3) is 0 Å². The third kappa shape index (κ3) is 2.23. The first-order valence-electron chi connectivity index (χ1n) is 5.75. The molecule has 0 aromatic carbocycles. The van der Waals surface area contributed by atoms with Gasteiger partial charge in [-0.2, -0.15) is 0 Å². The molecular formula is C12H18O3. The molecule has 3 nitrogen and oxygen atoms in total. The van der Waals surface area contributed by atoms with Gasteiger partial charge >= 0.3 is 5.97 Å². The number of carbonyl (C=O) groups excluding carboxylic acids is 1. The third-order valence-corrected chi connectivity index (χ3v) is 3.45. The Hall–Kier alpha value is -0.830. The third-order valence-electron chi connectivity index (χ3n) is 3.45. The van der Waals surface area contributed by atoms with E-state index in [1.54, 1.807) is 0 Å². The predicted octanol–water partition coefficient (Wildman–Crippen LogP) is 1.51. The number of fused-ring (bicyclic) bond motifs is 1. The van der Waals surface area contributed by atoms with Crippen LogP contribution in [0.15, 0.2) is 12.2 Å². The summed E-state index contributed by atoms with van der Waals surface area (Å²) in [6.07, 6.45) is 6.14. The maximum atomic E-state index is 11.6. The summed E-state index contributed by atoms with van der Waals surface area (Å²) in [4.78, 5) is 11.6. The average molecular weight is 210 g/mol. The van der Waals surface area contributed by atoms with Gasteiger partial charge < -0.3 is 9.84 Å². The summed E-state index contributed by atoms with van der Waals surface area (Å²) < 4.78 is 5.04. The molecule has 0 heterocycles. The first-order valence-corrected chi connectivity index (χ1v) is 5.75. The van der Waals surface area contributed by atoms with Crippen molar-refractivity contribution in [2.45, 2.75) is 32.3 Å². The smallest absolute Gasteiger partial charge is 0.309 e. The summed E-state index contributed by atoms with van der Waals surface area (Å²) in [5.41, 5.74) is 0. The van der Waals surface area contributed by atoms with Gasteiger partial charge in [0.1, 0.15) is 0 Å². The highest BCUT2D eigenvalue weighted by Crippen LogP contribution is 2.53. The Bertz CT molecular complexity index is 272. The number of aliphatic hydroxyl groups is 1. The molecule has 2 rings (SSSR count). The largest absolute Gasteiger partial charge is 0.466 e. The Morgan fingerprint density at radius 1 is 1.47 bits per heavy atom. The van der Waals surface area contributed by atoms with Gasteiger partial charge in [0.05, 0.1) is 18.6 Å². The quantitative estimate of drug-likeness (QED) is 0.555. The molecule has 1 saturated carbocycles. The molecule has 0 amide bonds. The van der Waals surface area contributed by atoms with Crippen molar-refractivity contribution in [3.8, 4) is 0 Å². The highest BCUT2D eigenvalue weighted by molar-refractivity contribution is 5.76. The minimum atomic E-state index is -0.325. The second kappa shape index (κ2) is 4.35. The van der Waals surface area contributed by atoms with Gasteiger partial charge in [-0.3, -0.25) is 4.79 Å². The second-order valence-electron chi connectivity index (χ2n) is 4.41. The van der Waals surface area contributed by atoms with Crippen molar-refractivity contribution >= 4 is 5.97 Å². The van der Waals surface area contributed by atoms with Crippen LogP contribution in [0, 0.1) is 17.8 Å². The Morgan fingerprint density at radius 3 is 3.00 bits per heavy atom. The minimum absolute atomic E-state index is 0.0442. The van der Waals surface area contributed by atoms with Crippen LogP contribution in [0.1, 0.15) is 26.2 Å². The molecule has 2 aliphatic rings. The number of carbonyl (C=O) groups is 1. The second-order valence-corrected chi connectivity index (χ2v) is 4.41. The van der Waals surface area contributed by atoms with Gasteiger partial charge in [-0.15, -0.1) is 0 Å². The molecule has 1 N–H and O–H groups in total. The van der Waals surface area contributed by atoms with E-state index >= 15 is 0 Å². The molecule has 3 heteroatoms. The maximum absolute atomic E-state index is 11.6. The van der Waals surface area contributed by atoms with Gasteiger partial charge in [0.15, 0.2) is 0 Å². The van der Waals surface area contributed by atoms with Crippen molar-refractivity contribution in [1.82, 2.24) is 0 Å². The summed E-state index contributed by atoms with van der Waals surface area (Å²) in [7, 11) is 0. The predicted molar refractivity (Wildman–Crippen MR) is 56.1 cm³/mol. The molecule has 84 valence electrons. The molecule has 0 aromatic heterocycles. The highest BCUT2D eigenvalue weighted by Gasteiger charge is 2.54. The van der Waals surface area contributed by atoms with E-state index in [0.29, 0.717) is 18.4 Å². The summed E-state index contributed by atoms with van der Waals surface area (Å²) in [6.45, 7) is 2.30. The molecule has 0 aromatic rings. The number of aliphatic hydroxyl groups excluding tert-OH is 1. The van der Waals surface area contributed by atoms with Crippen LogP contribution < -0.4 is 0 Å². The van der Waals surface area contributed by atoms with Gasteiger partial charge in [-0.25, -0.2) is 0 Å². The van der Waals surface area contributed by atoms with Crippen LogP contribution in [0.3, 0.4) is 0 Å². The van der Waals surface area contributed by atoms with E-state index in [9.17, 15) is 9.90 Å². The van der Waals surface area contributed by atoms with Crippen molar-refractivity contribution in [2.75, 3.05) is 6.61 Å². The zero-order chi connectivity index (χ0) is 10.8. The summed E-state index contributed by atoms with van der Waals surface area (Å²) in [5, 5.41) is 9.48. The Kier molecular flexibility index (Phi) is 3.10. The molecule has 0 spiro atoms. The molecule has 0 aliphatic heterocycles. The molecule has 2 aliphatic carbocycles. The first-order chi connectivity index (χ1) is 7.24. The monoisotopic (exact) mass is 210 g/mol. The SMILES string of the molecule is CCOC(=O)[C@H]1[C@@H]2C/C=C/[C@@H](O)CC[C@@H]21. The molecule has 0 saturated heterocycles. The Labute approximate surface area is 90.1 Å². The minimum Gasteiger partial charge on any atom is -0.466 e. The molecular weight excluding hydrogens is 192 g/mol. The number of hydrogen-bond donors (Lipinski definition) is 1. The van der Waals surface area contributed by atoms with Gasteiger partial charge in [-0.05, 0) is 38.0 Å². The highest BCUT2D eigenvalue weighted by atomic mass is 16.5. The summed E-state index contributed by atoms with van der Waals surface area (Å²) in [5.74, 6) is 0.966. The normalized spacial score (nSPS) is 40.9. The zero-order valence-electron chi connectivity index (χ0n) is 9.06. The van der Waals surface area contributed by atoms with Gasteiger partial charge in [0, 0.05) is 0 Å². The lowest BCUT2D eigenvalue weighted by molar-refractivity contribution is -0.145. The van der Waals surface area contributed by atoms with E-state index in [4.69, 9.17) is 4.74 Å². The number of esters is 1. The summed E-state index contributed by atoms with van der Waals surface area (Å²) in [6, 6.07) is 0. The molecule has 1 fully saturated rings. The van der Waals surface area contributed by atoms with Crippen molar-refractivity contribution < 1.29 is 14.6 Å². The van der Waals surface area contributed by atoms with Crippen LogP contribution in [-0.4, -0.2) is 23.8 Å². The lowest BCUT2D eigenvalue weighted by Gasteiger charge is -2.07. The fourth-order valence-corrected chi connectivity index (χ4v) is 2.60. The first kappa shape index (κ1) is 10.7. The molecule has 15 heavy (non-hydrogen) atoms.